The first-order valence-electron chi connectivity index (χ1n) is 7.63. The second-order valence-corrected chi connectivity index (χ2v) is 5.95. The van der Waals surface area contributed by atoms with E-state index in [1.54, 1.807) is 0 Å². The monoisotopic (exact) mass is 271 g/mol. The fourth-order valence-electron chi connectivity index (χ4n) is 3.35. The van der Waals surface area contributed by atoms with Gasteiger partial charge in [0.2, 0.25) is 0 Å². The topological polar surface area (TPSA) is 68.9 Å². The lowest BCUT2D eigenvalue weighted by Crippen LogP contribution is -2.30. The molecule has 0 aromatic carbocycles. The Morgan fingerprint density at radius 2 is 2.15 bits per heavy atom. The van der Waals surface area contributed by atoms with E-state index in [1.807, 2.05) is 6.07 Å². The molecule has 0 saturated heterocycles. The van der Waals surface area contributed by atoms with E-state index in [2.05, 4.69) is 16.4 Å². The molecule has 0 amide bonds. The van der Waals surface area contributed by atoms with Gasteiger partial charge in [0.25, 0.3) is 0 Å². The molecule has 4 heteroatoms. The highest BCUT2D eigenvalue weighted by Crippen LogP contribution is 2.27. The summed E-state index contributed by atoms with van der Waals surface area (Å²) in [6.45, 7) is 0.710. The highest BCUT2D eigenvalue weighted by Gasteiger charge is 2.23. The van der Waals surface area contributed by atoms with Gasteiger partial charge in [0.15, 0.2) is 0 Å². The van der Waals surface area contributed by atoms with Crippen molar-refractivity contribution in [2.45, 2.75) is 51.0 Å². The number of nitrogens with zero attached hydrogens (tertiary/aromatic N) is 2. The molecule has 0 spiro atoms. The van der Waals surface area contributed by atoms with Crippen molar-refractivity contribution in [3.05, 3.63) is 22.9 Å². The Hall–Kier alpha value is -1.60. The predicted molar refractivity (Wildman–Crippen MR) is 77.4 cm³/mol. The molecule has 1 heterocycles. The molecule has 2 aliphatic rings. The van der Waals surface area contributed by atoms with Crippen LogP contribution >= 0.6 is 0 Å². The first-order chi connectivity index (χ1) is 9.78. The van der Waals surface area contributed by atoms with E-state index in [-0.39, 0.29) is 12.0 Å². The number of aliphatic hydroxyl groups is 1. The summed E-state index contributed by atoms with van der Waals surface area (Å²) >= 11 is 0. The van der Waals surface area contributed by atoms with Crippen molar-refractivity contribution in [3.63, 3.8) is 0 Å². The summed E-state index contributed by atoms with van der Waals surface area (Å²) in [5.41, 5.74) is 3.00. The standard InChI is InChI=1S/C16H21N3O/c17-9-13-8-11-5-3-6-14(11)19-16(13)18-10-12-4-1-2-7-15(12)20/h8,12,15,20H,1-7,10H2,(H,18,19). The van der Waals surface area contributed by atoms with E-state index in [0.717, 1.165) is 44.2 Å². The summed E-state index contributed by atoms with van der Waals surface area (Å²) in [6, 6.07) is 4.22. The fraction of sp³-hybridized carbons (Fsp3) is 0.625. The van der Waals surface area contributed by atoms with Gasteiger partial charge < -0.3 is 10.4 Å². The van der Waals surface area contributed by atoms with Gasteiger partial charge in [0.1, 0.15) is 11.9 Å². The van der Waals surface area contributed by atoms with E-state index in [1.165, 1.54) is 12.0 Å². The molecule has 1 aromatic rings. The van der Waals surface area contributed by atoms with Crippen molar-refractivity contribution in [1.29, 1.82) is 5.26 Å². The van der Waals surface area contributed by atoms with Crippen LogP contribution in [0.4, 0.5) is 5.82 Å². The third kappa shape index (κ3) is 2.64. The van der Waals surface area contributed by atoms with E-state index >= 15 is 0 Å². The van der Waals surface area contributed by atoms with E-state index in [0.29, 0.717) is 17.9 Å². The molecule has 4 nitrogen and oxygen atoms in total. The summed E-state index contributed by atoms with van der Waals surface area (Å²) in [6.07, 6.45) is 7.25. The average Bonchev–Trinajstić information content (AvgIpc) is 2.92. The van der Waals surface area contributed by atoms with Crippen molar-refractivity contribution in [2.24, 2.45) is 5.92 Å². The lowest BCUT2D eigenvalue weighted by atomic mass is 9.86. The Morgan fingerprint density at radius 3 is 2.95 bits per heavy atom. The molecule has 2 N–H and O–H groups in total. The Labute approximate surface area is 119 Å². The highest BCUT2D eigenvalue weighted by atomic mass is 16.3. The molecule has 1 aromatic heterocycles. The van der Waals surface area contributed by atoms with Crippen LogP contribution in [0.5, 0.6) is 0 Å². The molecule has 106 valence electrons. The SMILES string of the molecule is N#Cc1cc2c(nc1NCC1CCCCC1O)CCC2. The molecule has 2 unspecified atom stereocenters. The summed E-state index contributed by atoms with van der Waals surface area (Å²) < 4.78 is 0. The van der Waals surface area contributed by atoms with Crippen LogP contribution in [0.1, 0.15) is 48.9 Å². The number of fused-ring (bicyclic) bond motifs is 1. The summed E-state index contributed by atoms with van der Waals surface area (Å²) in [5.74, 6) is 0.983. The summed E-state index contributed by atoms with van der Waals surface area (Å²) in [7, 11) is 0. The van der Waals surface area contributed by atoms with Gasteiger partial charge in [-0.05, 0) is 43.7 Å². The number of aliphatic hydroxyl groups excluding tert-OH is 1. The molecule has 20 heavy (non-hydrogen) atoms. The van der Waals surface area contributed by atoms with Gasteiger partial charge in [0.05, 0.1) is 11.7 Å². The number of aromatic nitrogens is 1. The van der Waals surface area contributed by atoms with Gasteiger partial charge in [-0.2, -0.15) is 5.26 Å². The van der Waals surface area contributed by atoms with Crippen molar-refractivity contribution in [3.8, 4) is 6.07 Å². The van der Waals surface area contributed by atoms with Crippen LogP contribution in [-0.4, -0.2) is 22.7 Å². The molecule has 3 rings (SSSR count). The average molecular weight is 271 g/mol. The maximum Gasteiger partial charge on any atom is 0.144 e. The zero-order chi connectivity index (χ0) is 13.9. The zero-order valence-corrected chi connectivity index (χ0v) is 11.7. The minimum absolute atomic E-state index is 0.212. The zero-order valence-electron chi connectivity index (χ0n) is 11.7. The van der Waals surface area contributed by atoms with Crippen molar-refractivity contribution < 1.29 is 5.11 Å². The van der Waals surface area contributed by atoms with Crippen LogP contribution in [0.2, 0.25) is 0 Å². The number of pyridine rings is 1. The third-order valence-corrected chi connectivity index (χ3v) is 4.57. The minimum Gasteiger partial charge on any atom is -0.393 e. The lowest BCUT2D eigenvalue weighted by molar-refractivity contribution is 0.0763. The van der Waals surface area contributed by atoms with Gasteiger partial charge >= 0.3 is 0 Å². The molecule has 0 aliphatic heterocycles. The molecule has 1 fully saturated rings. The Morgan fingerprint density at radius 1 is 1.30 bits per heavy atom. The van der Waals surface area contributed by atoms with Gasteiger partial charge in [0, 0.05) is 18.2 Å². The van der Waals surface area contributed by atoms with Crippen LogP contribution < -0.4 is 5.32 Å². The van der Waals surface area contributed by atoms with E-state index in [9.17, 15) is 10.4 Å². The van der Waals surface area contributed by atoms with Gasteiger partial charge in [-0.3, -0.25) is 0 Å². The van der Waals surface area contributed by atoms with Gasteiger partial charge in [-0.1, -0.05) is 12.8 Å². The quantitative estimate of drug-likeness (QED) is 0.885. The predicted octanol–water partition coefficient (Wildman–Crippen LogP) is 2.40. The smallest absolute Gasteiger partial charge is 0.144 e. The first kappa shape index (κ1) is 13.4. The van der Waals surface area contributed by atoms with Crippen LogP contribution in [-0.2, 0) is 12.8 Å². The molecule has 1 saturated carbocycles. The second-order valence-electron chi connectivity index (χ2n) is 5.95. The van der Waals surface area contributed by atoms with Crippen molar-refractivity contribution >= 4 is 5.82 Å². The number of rotatable bonds is 3. The van der Waals surface area contributed by atoms with E-state index in [4.69, 9.17) is 0 Å². The highest BCUT2D eigenvalue weighted by molar-refractivity contribution is 5.55. The molecule has 0 radical (unpaired) electrons. The fourth-order valence-corrected chi connectivity index (χ4v) is 3.35. The maximum absolute atomic E-state index is 10.0. The number of aryl methyl sites for hydroxylation is 2. The molecule has 2 aliphatic carbocycles. The summed E-state index contributed by atoms with van der Waals surface area (Å²) in [5, 5.41) is 22.6. The van der Waals surface area contributed by atoms with Crippen molar-refractivity contribution in [2.75, 3.05) is 11.9 Å². The Kier molecular flexibility index (Phi) is 3.88. The van der Waals surface area contributed by atoms with Crippen LogP contribution in [0.15, 0.2) is 6.07 Å². The van der Waals surface area contributed by atoms with Crippen molar-refractivity contribution in [1.82, 2.24) is 4.98 Å². The van der Waals surface area contributed by atoms with Gasteiger partial charge in [-0.25, -0.2) is 4.98 Å². The molecular formula is C16H21N3O. The molecular weight excluding hydrogens is 250 g/mol. The maximum atomic E-state index is 10.0. The minimum atomic E-state index is -0.212. The number of hydrogen-bond acceptors (Lipinski definition) is 4. The lowest BCUT2D eigenvalue weighted by Gasteiger charge is -2.28. The Bertz CT molecular complexity index is 535. The summed E-state index contributed by atoms with van der Waals surface area (Å²) in [4.78, 5) is 4.62. The van der Waals surface area contributed by atoms with Crippen LogP contribution in [0.25, 0.3) is 0 Å². The number of nitrogens with one attached hydrogen (secondary N) is 1. The Balaban J connectivity index is 1.72. The molecule has 0 bridgehead atoms. The largest absolute Gasteiger partial charge is 0.393 e. The number of nitriles is 1. The first-order valence-corrected chi connectivity index (χ1v) is 7.63. The third-order valence-electron chi connectivity index (χ3n) is 4.57. The van der Waals surface area contributed by atoms with Gasteiger partial charge in [-0.15, -0.1) is 0 Å². The number of hydrogen-bond donors (Lipinski definition) is 2. The molecule has 2 atom stereocenters. The van der Waals surface area contributed by atoms with Crippen LogP contribution in [0, 0.1) is 17.2 Å². The normalized spacial score (nSPS) is 25.0. The van der Waals surface area contributed by atoms with Crippen LogP contribution in [0.3, 0.4) is 0 Å². The number of anilines is 1. The van der Waals surface area contributed by atoms with E-state index < -0.39 is 0 Å². The second kappa shape index (κ2) is 5.80.